The molecule has 1 aliphatic rings. The summed E-state index contributed by atoms with van der Waals surface area (Å²) in [5.74, 6) is 0.850. The van der Waals surface area contributed by atoms with E-state index < -0.39 is 0 Å². The van der Waals surface area contributed by atoms with Crippen LogP contribution in [0, 0.1) is 5.92 Å². The van der Waals surface area contributed by atoms with Crippen molar-refractivity contribution in [2.24, 2.45) is 5.92 Å². The van der Waals surface area contributed by atoms with Gasteiger partial charge in [0.25, 0.3) is 0 Å². The van der Waals surface area contributed by atoms with E-state index in [2.05, 4.69) is 21.3 Å². The number of aromatic nitrogens is 1. The number of rotatable bonds is 3. The molecule has 17 heavy (non-hydrogen) atoms. The highest BCUT2D eigenvalue weighted by atomic mass is 15.1. The Balaban J connectivity index is 0.000000686. The van der Waals surface area contributed by atoms with Gasteiger partial charge in [0.05, 0.1) is 11.9 Å². The largest absolute Gasteiger partial charge is 0.370 e. The number of pyridine rings is 1. The molecule has 1 saturated heterocycles. The topological polar surface area (TPSA) is 28.2 Å². The Kier molecular flexibility index (Phi) is 6.63. The van der Waals surface area contributed by atoms with E-state index in [0.717, 1.165) is 25.6 Å². The maximum absolute atomic E-state index is 4.16. The molecule has 1 fully saturated rings. The van der Waals surface area contributed by atoms with Crippen LogP contribution in [-0.4, -0.2) is 31.7 Å². The fourth-order valence-corrected chi connectivity index (χ4v) is 2.22. The maximum Gasteiger partial charge on any atom is 0.0552 e. The fraction of sp³-hybridized carbons (Fsp3) is 0.643. The van der Waals surface area contributed by atoms with Gasteiger partial charge in [0.2, 0.25) is 0 Å². The SMILES string of the molecule is CC.CNCC1CCN(c2cccnc2)CC1. The Morgan fingerprint density at radius 3 is 2.59 bits per heavy atom. The molecule has 0 saturated carbocycles. The van der Waals surface area contributed by atoms with Gasteiger partial charge in [0, 0.05) is 19.3 Å². The first-order chi connectivity index (χ1) is 8.40. The van der Waals surface area contributed by atoms with E-state index in [1.807, 2.05) is 39.4 Å². The number of hydrogen-bond donors (Lipinski definition) is 1. The van der Waals surface area contributed by atoms with Crippen molar-refractivity contribution in [2.45, 2.75) is 26.7 Å². The molecule has 0 atom stereocenters. The highest BCUT2D eigenvalue weighted by Crippen LogP contribution is 2.21. The lowest BCUT2D eigenvalue weighted by atomic mass is 9.96. The average molecular weight is 235 g/mol. The quantitative estimate of drug-likeness (QED) is 0.872. The summed E-state index contributed by atoms with van der Waals surface area (Å²) < 4.78 is 0. The minimum absolute atomic E-state index is 0.850. The Bertz CT molecular complexity index is 279. The molecular formula is C14H25N3. The molecule has 0 aliphatic carbocycles. The van der Waals surface area contributed by atoms with E-state index in [1.165, 1.54) is 18.5 Å². The van der Waals surface area contributed by atoms with E-state index in [9.17, 15) is 0 Å². The molecule has 3 nitrogen and oxygen atoms in total. The predicted molar refractivity (Wildman–Crippen MR) is 74.4 cm³/mol. The summed E-state index contributed by atoms with van der Waals surface area (Å²) in [7, 11) is 2.04. The van der Waals surface area contributed by atoms with Crippen LogP contribution in [0.5, 0.6) is 0 Å². The van der Waals surface area contributed by atoms with Gasteiger partial charge < -0.3 is 10.2 Å². The maximum atomic E-state index is 4.16. The van der Waals surface area contributed by atoms with Crippen LogP contribution >= 0.6 is 0 Å². The second-order valence-electron chi connectivity index (χ2n) is 4.20. The Morgan fingerprint density at radius 1 is 1.35 bits per heavy atom. The Morgan fingerprint density at radius 2 is 2.06 bits per heavy atom. The molecule has 0 spiro atoms. The molecule has 0 amide bonds. The van der Waals surface area contributed by atoms with Crippen molar-refractivity contribution in [3.63, 3.8) is 0 Å². The van der Waals surface area contributed by atoms with Crippen LogP contribution in [-0.2, 0) is 0 Å². The molecule has 0 radical (unpaired) electrons. The smallest absolute Gasteiger partial charge is 0.0552 e. The molecule has 2 rings (SSSR count). The van der Waals surface area contributed by atoms with Gasteiger partial charge in [-0.2, -0.15) is 0 Å². The summed E-state index contributed by atoms with van der Waals surface area (Å²) in [5, 5.41) is 3.26. The van der Waals surface area contributed by atoms with Gasteiger partial charge in [-0.3, -0.25) is 4.98 Å². The lowest BCUT2D eigenvalue weighted by molar-refractivity contribution is 0.393. The zero-order valence-corrected chi connectivity index (χ0v) is 11.3. The van der Waals surface area contributed by atoms with Crippen LogP contribution < -0.4 is 10.2 Å². The van der Waals surface area contributed by atoms with Crippen molar-refractivity contribution >= 4 is 5.69 Å². The number of nitrogens with one attached hydrogen (secondary N) is 1. The summed E-state index contributed by atoms with van der Waals surface area (Å²) >= 11 is 0. The minimum Gasteiger partial charge on any atom is -0.370 e. The van der Waals surface area contributed by atoms with Gasteiger partial charge in [0.1, 0.15) is 0 Å². The molecule has 0 aromatic carbocycles. The van der Waals surface area contributed by atoms with Crippen LogP contribution in [0.1, 0.15) is 26.7 Å². The summed E-state index contributed by atoms with van der Waals surface area (Å²) in [6.07, 6.45) is 6.36. The van der Waals surface area contributed by atoms with Gasteiger partial charge in [-0.15, -0.1) is 0 Å². The normalized spacial score (nSPS) is 16.3. The zero-order valence-electron chi connectivity index (χ0n) is 11.3. The monoisotopic (exact) mass is 235 g/mol. The first-order valence-corrected chi connectivity index (χ1v) is 6.69. The van der Waals surface area contributed by atoms with Crippen LogP contribution in [0.3, 0.4) is 0 Å². The first-order valence-electron chi connectivity index (χ1n) is 6.69. The Hall–Kier alpha value is -1.09. The molecule has 2 heterocycles. The molecule has 1 aromatic heterocycles. The summed E-state index contributed by atoms with van der Waals surface area (Å²) in [6.45, 7) is 7.48. The zero-order chi connectivity index (χ0) is 12.5. The third-order valence-corrected chi connectivity index (χ3v) is 3.12. The predicted octanol–water partition coefficient (Wildman–Crippen LogP) is 2.54. The van der Waals surface area contributed by atoms with Crippen molar-refractivity contribution in [3.05, 3.63) is 24.5 Å². The third-order valence-electron chi connectivity index (χ3n) is 3.12. The standard InChI is InChI=1S/C12H19N3.C2H6/c1-13-9-11-4-7-15(8-5-11)12-3-2-6-14-10-12;1-2/h2-3,6,10-11,13H,4-5,7-9H2,1H3;1-2H3. The van der Waals surface area contributed by atoms with Crippen molar-refractivity contribution in [1.82, 2.24) is 10.3 Å². The summed E-state index contributed by atoms with van der Waals surface area (Å²) in [6, 6.07) is 4.15. The van der Waals surface area contributed by atoms with Crippen molar-refractivity contribution in [3.8, 4) is 0 Å². The number of piperidine rings is 1. The number of hydrogen-bond acceptors (Lipinski definition) is 3. The van der Waals surface area contributed by atoms with Gasteiger partial charge >= 0.3 is 0 Å². The third kappa shape index (κ3) is 4.35. The van der Waals surface area contributed by atoms with E-state index in [1.54, 1.807) is 0 Å². The molecule has 0 bridgehead atoms. The molecule has 1 aromatic rings. The molecule has 1 aliphatic heterocycles. The number of anilines is 1. The van der Waals surface area contributed by atoms with Gasteiger partial charge in [-0.05, 0) is 44.5 Å². The second kappa shape index (κ2) is 8.07. The average Bonchev–Trinajstić information content (AvgIpc) is 2.43. The molecule has 96 valence electrons. The van der Waals surface area contributed by atoms with Gasteiger partial charge in [-0.25, -0.2) is 0 Å². The van der Waals surface area contributed by atoms with Crippen LogP contribution in [0.25, 0.3) is 0 Å². The van der Waals surface area contributed by atoms with E-state index >= 15 is 0 Å². The van der Waals surface area contributed by atoms with Crippen LogP contribution in [0.2, 0.25) is 0 Å². The van der Waals surface area contributed by atoms with E-state index in [-0.39, 0.29) is 0 Å². The van der Waals surface area contributed by atoms with Gasteiger partial charge in [0.15, 0.2) is 0 Å². The van der Waals surface area contributed by atoms with E-state index in [0.29, 0.717) is 0 Å². The van der Waals surface area contributed by atoms with Gasteiger partial charge in [-0.1, -0.05) is 13.8 Å². The van der Waals surface area contributed by atoms with E-state index in [4.69, 9.17) is 0 Å². The molecule has 3 heteroatoms. The summed E-state index contributed by atoms with van der Waals surface area (Å²) in [5.41, 5.74) is 1.26. The first kappa shape index (κ1) is 14.0. The Labute approximate surface area is 105 Å². The lowest BCUT2D eigenvalue weighted by Gasteiger charge is -2.33. The highest BCUT2D eigenvalue weighted by molar-refractivity contribution is 5.43. The lowest BCUT2D eigenvalue weighted by Crippen LogP contribution is -2.36. The molecular weight excluding hydrogens is 210 g/mol. The number of nitrogens with zero attached hydrogens (tertiary/aromatic N) is 2. The highest BCUT2D eigenvalue weighted by Gasteiger charge is 2.18. The van der Waals surface area contributed by atoms with Crippen molar-refractivity contribution < 1.29 is 0 Å². The van der Waals surface area contributed by atoms with Crippen molar-refractivity contribution in [2.75, 3.05) is 31.6 Å². The molecule has 0 unspecified atom stereocenters. The van der Waals surface area contributed by atoms with Crippen LogP contribution in [0.15, 0.2) is 24.5 Å². The molecule has 1 N–H and O–H groups in total. The van der Waals surface area contributed by atoms with Crippen LogP contribution in [0.4, 0.5) is 5.69 Å². The minimum atomic E-state index is 0.850. The van der Waals surface area contributed by atoms with Crippen molar-refractivity contribution in [1.29, 1.82) is 0 Å². The second-order valence-corrected chi connectivity index (χ2v) is 4.20. The fourth-order valence-electron chi connectivity index (χ4n) is 2.22. The summed E-state index contributed by atoms with van der Waals surface area (Å²) in [4.78, 5) is 6.59.